The zero-order chi connectivity index (χ0) is 16.4. The number of nitrogens with one attached hydrogen (secondary N) is 2. The molecule has 0 unspecified atom stereocenters. The van der Waals surface area contributed by atoms with Gasteiger partial charge in [0.15, 0.2) is 5.82 Å². The van der Waals surface area contributed by atoms with Crippen molar-refractivity contribution in [3.8, 4) is 0 Å². The Balaban J connectivity index is 1.66. The van der Waals surface area contributed by atoms with Gasteiger partial charge in [-0.25, -0.2) is 0 Å². The Labute approximate surface area is 138 Å². The molecule has 0 spiro atoms. The molecule has 0 radical (unpaired) electrons. The third-order valence-corrected chi connectivity index (χ3v) is 3.94. The van der Waals surface area contributed by atoms with E-state index in [1.807, 2.05) is 12.1 Å². The summed E-state index contributed by atoms with van der Waals surface area (Å²) in [5.74, 6) is -0.340. The summed E-state index contributed by atoms with van der Waals surface area (Å²) in [6.07, 6.45) is 2.05. The molecule has 1 aromatic carbocycles. The number of anilines is 1. The lowest BCUT2D eigenvalue weighted by molar-refractivity contribution is -0.136. The molecule has 6 nitrogen and oxygen atoms in total. The molecule has 0 aliphatic heterocycles. The average molecular weight is 334 g/mol. The fraction of sp³-hybridized carbons (Fsp3) is 0.312. The molecule has 3 rings (SSSR count). The summed E-state index contributed by atoms with van der Waals surface area (Å²) in [6, 6.07) is 8.63. The lowest BCUT2D eigenvalue weighted by Crippen LogP contribution is -2.38. The van der Waals surface area contributed by atoms with Gasteiger partial charge < -0.3 is 9.84 Å². The molecule has 23 heavy (non-hydrogen) atoms. The van der Waals surface area contributed by atoms with Crippen LogP contribution < -0.4 is 10.6 Å². The third-order valence-electron chi connectivity index (χ3n) is 3.68. The van der Waals surface area contributed by atoms with E-state index in [1.54, 1.807) is 25.1 Å². The highest BCUT2D eigenvalue weighted by Crippen LogP contribution is 2.41. The first-order valence-corrected chi connectivity index (χ1v) is 7.71. The first-order valence-electron chi connectivity index (χ1n) is 7.33. The van der Waals surface area contributed by atoms with Gasteiger partial charge in [-0.15, -0.1) is 0 Å². The average Bonchev–Trinajstić information content (AvgIpc) is 3.29. The number of benzene rings is 1. The lowest BCUT2D eigenvalue weighted by atomic mass is 10.0. The third kappa shape index (κ3) is 3.90. The molecule has 1 heterocycles. The van der Waals surface area contributed by atoms with Crippen molar-refractivity contribution < 1.29 is 14.1 Å². The van der Waals surface area contributed by atoms with Crippen LogP contribution in [0.2, 0.25) is 5.02 Å². The quantitative estimate of drug-likeness (QED) is 0.843. The summed E-state index contributed by atoms with van der Waals surface area (Å²) in [5, 5.41) is 9.46. The molecule has 2 amide bonds. The van der Waals surface area contributed by atoms with Crippen LogP contribution in [0, 0.1) is 12.8 Å². The summed E-state index contributed by atoms with van der Waals surface area (Å²) in [5.41, 5.74) is 0.940. The van der Waals surface area contributed by atoms with E-state index in [1.165, 1.54) is 0 Å². The standard InChI is InChI=1S/C16H16ClN3O3/c1-9-8-13(20-23-9)18-15(21)16(22)19-14(10-2-3-10)11-4-6-12(17)7-5-11/h4-8,10,14H,2-3H2,1H3,(H,19,22)(H,18,20,21)/t14-/m0/s1. The van der Waals surface area contributed by atoms with Crippen molar-refractivity contribution in [1.29, 1.82) is 0 Å². The first kappa shape index (κ1) is 15.6. The van der Waals surface area contributed by atoms with Crippen LogP contribution in [0.25, 0.3) is 0 Å². The van der Waals surface area contributed by atoms with E-state index >= 15 is 0 Å². The molecule has 0 bridgehead atoms. The monoisotopic (exact) mass is 333 g/mol. The van der Waals surface area contributed by atoms with Crippen molar-refractivity contribution in [2.24, 2.45) is 5.92 Å². The van der Waals surface area contributed by atoms with E-state index in [0.29, 0.717) is 16.7 Å². The van der Waals surface area contributed by atoms with Gasteiger partial charge in [0.05, 0.1) is 6.04 Å². The Hall–Kier alpha value is -2.34. The number of carbonyl (C=O) groups is 2. The van der Waals surface area contributed by atoms with Crippen LogP contribution in [0.3, 0.4) is 0 Å². The first-order chi connectivity index (χ1) is 11.0. The Bertz CT molecular complexity index is 722. The van der Waals surface area contributed by atoms with Crippen molar-refractivity contribution in [1.82, 2.24) is 10.5 Å². The molecular weight excluding hydrogens is 318 g/mol. The van der Waals surface area contributed by atoms with Crippen LogP contribution >= 0.6 is 11.6 Å². The fourth-order valence-corrected chi connectivity index (χ4v) is 2.50. The van der Waals surface area contributed by atoms with Gasteiger partial charge in [0, 0.05) is 11.1 Å². The molecule has 1 aromatic heterocycles. The van der Waals surface area contributed by atoms with Crippen molar-refractivity contribution in [2.75, 3.05) is 5.32 Å². The van der Waals surface area contributed by atoms with Gasteiger partial charge in [0.2, 0.25) is 0 Å². The van der Waals surface area contributed by atoms with Crippen LogP contribution in [0.1, 0.15) is 30.2 Å². The number of halogens is 1. The maximum atomic E-state index is 12.1. The highest BCUT2D eigenvalue weighted by molar-refractivity contribution is 6.39. The Kier molecular flexibility index (Phi) is 4.34. The number of aryl methyl sites for hydroxylation is 1. The molecular formula is C16H16ClN3O3. The predicted molar refractivity (Wildman–Crippen MR) is 84.9 cm³/mol. The second-order valence-electron chi connectivity index (χ2n) is 5.62. The van der Waals surface area contributed by atoms with Crippen LogP contribution in [-0.2, 0) is 9.59 Å². The van der Waals surface area contributed by atoms with Gasteiger partial charge in [-0.05, 0) is 43.4 Å². The molecule has 2 aromatic rings. The number of rotatable bonds is 4. The van der Waals surface area contributed by atoms with Gasteiger partial charge >= 0.3 is 11.8 Å². The molecule has 2 N–H and O–H groups in total. The Morgan fingerprint density at radius 2 is 1.96 bits per heavy atom. The highest BCUT2D eigenvalue weighted by Gasteiger charge is 2.34. The van der Waals surface area contributed by atoms with Gasteiger partial charge in [-0.2, -0.15) is 0 Å². The number of aromatic nitrogens is 1. The second kappa shape index (κ2) is 6.42. The number of nitrogens with zero attached hydrogens (tertiary/aromatic N) is 1. The second-order valence-corrected chi connectivity index (χ2v) is 6.05. The van der Waals surface area contributed by atoms with Crippen molar-refractivity contribution in [2.45, 2.75) is 25.8 Å². The normalized spacial score (nSPS) is 15.0. The van der Waals surface area contributed by atoms with E-state index in [9.17, 15) is 9.59 Å². The summed E-state index contributed by atoms with van der Waals surface area (Å²) >= 11 is 5.89. The smallest absolute Gasteiger partial charge is 0.314 e. The zero-order valence-corrected chi connectivity index (χ0v) is 13.3. The van der Waals surface area contributed by atoms with Crippen molar-refractivity contribution in [3.05, 3.63) is 46.7 Å². The summed E-state index contributed by atoms with van der Waals surface area (Å²) in [7, 11) is 0. The van der Waals surface area contributed by atoms with Gasteiger partial charge in [-0.3, -0.25) is 14.9 Å². The molecule has 1 fully saturated rings. The zero-order valence-electron chi connectivity index (χ0n) is 12.5. The Morgan fingerprint density at radius 3 is 2.52 bits per heavy atom. The van der Waals surface area contributed by atoms with Crippen molar-refractivity contribution >= 4 is 29.2 Å². The number of hydrogen-bond donors (Lipinski definition) is 2. The van der Waals surface area contributed by atoms with Crippen LogP contribution in [-0.4, -0.2) is 17.0 Å². The number of carbonyl (C=O) groups excluding carboxylic acids is 2. The minimum Gasteiger partial charge on any atom is -0.360 e. The van der Waals surface area contributed by atoms with Crippen LogP contribution in [0.15, 0.2) is 34.9 Å². The minimum absolute atomic E-state index is 0.190. The molecule has 120 valence electrons. The highest BCUT2D eigenvalue weighted by atomic mass is 35.5. The fourth-order valence-electron chi connectivity index (χ4n) is 2.38. The largest absolute Gasteiger partial charge is 0.360 e. The van der Waals surface area contributed by atoms with Gasteiger partial charge in [-0.1, -0.05) is 28.9 Å². The molecule has 1 atom stereocenters. The van der Waals surface area contributed by atoms with Gasteiger partial charge in [0.25, 0.3) is 0 Å². The van der Waals surface area contributed by atoms with E-state index in [2.05, 4.69) is 15.8 Å². The lowest BCUT2D eigenvalue weighted by Gasteiger charge is -2.18. The number of hydrogen-bond acceptors (Lipinski definition) is 4. The Morgan fingerprint density at radius 1 is 1.26 bits per heavy atom. The summed E-state index contributed by atoms with van der Waals surface area (Å²) in [4.78, 5) is 24.1. The summed E-state index contributed by atoms with van der Waals surface area (Å²) in [6.45, 7) is 1.70. The van der Waals surface area contributed by atoms with E-state index in [0.717, 1.165) is 18.4 Å². The van der Waals surface area contributed by atoms with Crippen LogP contribution in [0.5, 0.6) is 0 Å². The number of amides is 2. The van der Waals surface area contributed by atoms with E-state index in [4.69, 9.17) is 16.1 Å². The van der Waals surface area contributed by atoms with Crippen LogP contribution in [0.4, 0.5) is 5.82 Å². The van der Waals surface area contributed by atoms with E-state index < -0.39 is 11.8 Å². The van der Waals surface area contributed by atoms with E-state index in [-0.39, 0.29) is 11.9 Å². The van der Waals surface area contributed by atoms with Crippen molar-refractivity contribution in [3.63, 3.8) is 0 Å². The predicted octanol–water partition coefficient (Wildman–Crippen LogP) is 2.84. The minimum atomic E-state index is -0.766. The molecule has 0 saturated heterocycles. The maximum absolute atomic E-state index is 12.1. The maximum Gasteiger partial charge on any atom is 0.314 e. The molecule has 1 aliphatic carbocycles. The van der Waals surface area contributed by atoms with Gasteiger partial charge in [0.1, 0.15) is 5.76 Å². The molecule has 7 heteroatoms. The molecule has 1 saturated carbocycles. The topological polar surface area (TPSA) is 84.2 Å². The SMILES string of the molecule is Cc1cc(NC(=O)C(=O)N[C@H](c2ccc(Cl)cc2)C2CC2)no1. The summed E-state index contributed by atoms with van der Waals surface area (Å²) < 4.78 is 4.85. The molecule has 1 aliphatic rings.